The summed E-state index contributed by atoms with van der Waals surface area (Å²) in [5.41, 5.74) is 3.58. The Kier molecular flexibility index (Phi) is 4.10. The molecule has 0 amide bonds. The number of hydrogen-bond donors (Lipinski definition) is 1. The molecule has 4 heteroatoms. The lowest BCUT2D eigenvalue weighted by Gasteiger charge is -2.17. The van der Waals surface area contributed by atoms with E-state index >= 15 is 0 Å². The van der Waals surface area contributed by atoms with E-state index in [2.05, 4.69) is 60.7 Å². The van der Waals surface area contributed by atoms with Crippen molar-refractivity contribution >= 4 is 0 Å². The number of nitrogens with one attached hydrogen (secondary N) is 1. The van der Waals surface area contributed by atoms with Gasteiger partial charge >= 0.3 is 0 Å². The van der Waals surface area contributed by atoms with Crippen LogP contribution in [0.2, 0.25) is 0 Å². The summed E-state index contributed by atoms with van der Waals surface area (Å²) in [7, 11) is 0. The van der Waals surface area contributed by atoms with Gasteiger partial charge in [-0.2, -0.15) is 0 Å². The van der Waals surface area contributed by atoms with Crippen molar-refractivity contribution in [2.75, 3.05) is 6.54 Å². The summed E-state index contributed by atoms with van der Waals surface area (Å²) in [6.07, 6.45) is 1.83. The topological polar surface area (TPSA) is 42.7 Å². The summed E-state index contributed by atoms with van der Waals surface area (Å²) in [6.45, 7) is 8.17. The highest BCUT2D eigenvalue weighted by atomic mass is 15.4. The summed E-state index contributed by atoms with van der Waals surface area (Å²) in [5.74, 6) is 0. The quantitative estimate of drug-likeness (QED) is 0.879. The van der Waals surface area contributed by atoms with Gasteiger partial charge in [-0.25, -0.2) is 4.68 Å². The Morgan fingerprint density at radius 1 is 1.28 bits per heavy atom. The molecule has 2 rings (SSSR count). The Morgan fingerprint density at radius 2 is 2.06 bits per heavy atom. The Morgan fingerprint density at radius 3 is 2.78 bits per heavy atom. The lowest BCUT2D eigenvalue weighted by atomic mass is 9.99. The van der Waals surface area contributed by atoms with Crippen LogP contribution in [0, 0.1) is 0 Å². The molecule has 1 unspecified atom stereocenters. The first-order chi connectivity index (χ1) is 8.77. The fraction of sp³-hybridized carbons (Fsp3) is 0.429. The molecule has 1 atom stereocenters. The van der Waals surface area contributed by atoms with Crippen molar-refractivity contribution in [3.05, 3.63) is 36.0 Å². The molecule has 0 aliphatic carbocycles. The van der Waals surface area contributed by atoms with Crippen LogP contribution in [0.1, 0.15) is 32.4 Å². The first-order valence-corrected chi connectivity index (χ1v) is 6.49. The van der Waals surface area contributed by atoms with Crippen molar-refractivity contribution in [3.63, 3.8) is 0 Å². The van der Waals surface area contributed by atoms with E-state index in [9.17, 15) is 0 Å². The van der Waals surface area contributed by atoms with Gasteiger partial charge in [0.05, 0.1) is 11.9 Å². The Bertz CT molecular complexity index is 504. The molecule has 18 heavy (non-hydrogen) atoms. The zero-order chi connectivity index (χ0) is 13.0. The number of nitrogens with zero attached hydrogens (tertiary/aromatic N) is 3. The van der Waals surface area contributed by atoms with Crippen LogP contribution >= 0.6 is 0 Å². The Hall–Kier alpha value is -1.68. The van der Waals surface area contributed by atoms with Gasteiger partial charge in [0.15, 0.2) is 0 Å². The predicted octanol–water partition coefficient (Wildman–Crippen LogP) is 2.64. The van der Waals surface area contributed by atoms with Crippen molar-refractivity contribution in [1.82, 2.24) is 20.3 Å². The van der Waals surface area contributed by atoms with Gasteiger partial charge in [-0.15, -0.1) is 5.10 Å². The molecule has 96 valence electrons. The van der Waals surface area contributed by atoms with Gasteiger partial charge in [0.1, 0.15) is 0 Å². The van der Waals surface area contributed by atoms with Crippen LogP contribution in [0.5, 0.6) is 0 Å². The second kappa shape index (κ2) is 5.78. The van der Waals surface area contributed by atoms with Crippen LogP contribution in [0.25, 0.3) is 11.3 Å². The summed E-state index contributed by atoms with van der Waals surface area (Å²) >= 11 is 0. The van der Waals surface area contributed by atoms with Crippen molar-refractivity contribution in [1.29, 1.82) is 0 Å². The molecule has 0 saturated heterocycles. The standard InChI is InChI=1S/C14H20N4/c1-4-15-11(3)12-8-6-7-9-13(12)14-10-16-17-18(14)5-2/h6-11,15H,4-5H2,1-3H3. The molecule has 4 nitrogen and oxygen atoms in total. The van der Waals surface area contributed by atoms with E-state index in [-0.39, 0.29) is 0 Å². The minimum Gasteiger partial charge on any atom is -0.310 e. The predicted molar refractivity (Wildman–Crippen MR) is 73.2 cm³/mol. The van der Waals surface area contributed by atoms with Gasteiger partial charge in [-0.05, 0) is 26.0 Å². The second-order valence-electron chi connectivity index (χ2n) is 4.30. The summed E-state index contributed by atoms with van der Waals surface area (Å²) in [4.78, 5) is 0. The highest BCUT2D eigenvalue weighted by molar-refractivity contribution is 5.63. The van der Waals surface area contributed by atoms with Gasteiger partial charge in [-0.1, -0.05) is 36.4 Å². The number of rotatable bonds is 5. The van der Waals surface area contributed by atoms with E-state index in [4.69, 9.17) is 0 Å². The number of benzene rings is 1. The fourth-order valence-corrected chi connectivity index (χ4v) is 2.22. The maximum Gasteiger partial charge on any atom is 0.0888 e. The zero-order valence-electron chi connectivity index (χ0n) is 11.2. The van der Waals surface area contributed by atoms with Crippen LogP contribution in [0.15, 0.2) is 30.5 Å². The highest BCUT2D eigenvalue weighted by Crippen LogP contribution is 2.27. The highest BCUT2D eigenvalue weighted by Gasteiger charge is 2.13. The summed E-state index contributed by atoms with van der Waals surface area (Å²) in [6, 6.07) is 8.76. The fourth-order valence-electron chi connectivity index (χ4n) is 2.22. The first-order valence-electron chi connectivity index (χ1n) is 6.49. The molecule has 0 fully saturated rings. The smallest absolute Gasteiger partial charge is 0.0888 e. The lowest BCUT2D eigenvalue weighted by Crippen LogP contribution is -2.18. The number of hydrogen-bond acceptors (Lipinski definition) is 3. The van der Waals surface area contributed by atoms with Crippen LogP contribution in [-0.4, -0.2) is 21.5 Å². The van der Waals surface area contributed by atoms with Gasteiger partial charge in [-0.3, -0.25) is 0 Å². The molecule has 1 aromatic carbocycles. The molecule has 0 bridgehead atoms. The second-order valence-corrected chi connectivity index (χ2v) is 4.30. The summed E-state index contributed by atoms with van der Waals surface area (Å²) in [5, 5.41) is 11.6. The van der Waals surface area contributed by atoms with Crippen LogP contribution in [0.3, 0.4) is 0 Å². The largest absolute Gasteiger partial charge is 0.310 e. The van der Waals surface area contributed by atoms with Crippen LogP contribution in [0.4, 0.5) is 0 Å². The molecule has 0 aliphatic heterocycles. The van der Waals surface area contributed by atoms with Crippen molar-refractivity contribution in [3.8, 4) is 11.3 Å². The number of aryl methyl sites for hydroxylation is 1. The lowest BCUT2D eigenvalue weighted by molar-refractivity contribution is 0.596. The molecule has 1 N–H and O–H groups in total. The van der Waals surface area contributed by atoms with Gasteiger partial charge < -0.3 is 5.32 Å². The minimum atomic E-state index is 0.325. The Labute approximate surface area is 108 Å². The van der Waals surface area contributed by atoms with E-state index in [1.165, 1.54) is 11.1 Å². The average molecular weight is 244 g/mol. The molecule has 0 radical (unpaired) electrons. The van der Waals surface area contributed by atoms with Crippen molar-refractivity contribution < 1.29 is 0 Å². The van der Waals surface area contributed by atoms with E-state index < -0.39 is 0 Å². The first kappa shape index (κ1) is 12.8. The minimum absolute atomic E-state index is 0.325. The van der Waals surface area contributed by atoms with Crippen LogP contribution < -0.4 is 5.32 Å². The monoisotopic (exact) mass is 244 g/mol. The third kappa shape index (κ3) is 2.43. The molecule has 1 heterocycles. The zero-order valence-corrected chi connectivity index (χ0v) is 11.2. The van der Waals surface area contributed by atoms with Gasteiger partial charge in [0, 0.05) is 18.2 Å². The summed E-state index contributed by atoms with van der Waals surface area (Å²) < 4.78 is 1.93. The third-order valence-electron chi connectivity index (χ3n) is 3.13. The molecule has 0 spiro atoms. The van der Waals surface area contributed by atoms with Crippen LogP contribution in [-0.2, 0) is 6.54 Å². The van der Waals surface area contributed by atoms with Crippen molar-refractivity contribution in [2.45, 2.75) is 33.4 Å². The van der Waals surface area contributed by atoms with E-state index in [0.29, 0.717) is 6.04 Å². The van der Waals surface area contributed by atoms with Gasteiger partial charge in [0.25, 0.3) is 0 Å². The maximum absolute atomic E-state index is 4.10. The average Bonchev–Trinajstić information content (AvgIpc) is 2.87. The SMILES string of the molecule is CCNC(C)c1ccccc1-c1cnnn1CC. The van der Waals surface area contributed by atoms with Crippen molar-refractivity contribution in [2.24, 2.45) is 0 Å². The maximum atomic E-state index is 4.10. The molecule has 1 aromatic heterocycles. The Balaban J connectivity index is 2.44. The molecule has 2 aromatic rings. The van der Waals surface area contributed by atoms with E-state index in [1.54, 1.807) is 0 Å². The van der Waals surface area contributed by atoms with E-state index in [0.717, 1.165) is 18.8 Å². The molecular weight excluding hydrogens is 224 g/mol. The third-order valence-corrected chi connectivity index (χ3v) is 3.13. The van der Waals surface area contributed by atoms with Gasteiger partial charge in [0.2, 0.25) is 0 Å². The number of aromatic nitrogens is 3. The molecule has 0 aliphatic rings. The molecule has 0 saturated carbocycles. The van der Waals surface area contributed by atoms with E-state index in [1.807, 2.05) is 10.9 Å². The molecular formula is C14H20N4. The normalized spacial score (nSPS) is 12.6.